The number of fused-ring (bicyclic) bond motifs is 1. The number of hydrogen-bond donors (Lipinski definition) is 0. The molecule has 0 aliphatic rings. The minimum absolute atomic E-state index is 0.0562. The first-order valence-electron chi connectivity index (χ1n) is 6.89. The first kappa shape index (κ1) is 16.3. The number of nitro groups is 1. The number of unbranched alkanes of at least 4 members (excludes halogenated alkanes) is 2. The Morgan fingerprint density at radius 2 is 2.00 bits per heavy atom. The smallest absolute Gasteiger partial charge is 0.358 e. The topological polar surface area (TPSA) is 99.4 Å². The summed E-state index contributed by atoms with van der Waals surface area (Å²) in [4.78, 5) is 13.8. The molecule has 1 aromatic heterocycles. The summed E-state index contributed by atoms with van der Waals surface area (Å²) in [7, 11) is -4.07. The molecular formula is C14H16N2O5S. The van der Waals surface area contributed by atoms with Crippen LogP contribution in [0.3, 0.4) is 0 Å². The molecule has 0 bridgehead atoms. The van der Waals surface area contributed by atoms with Gasteiger partial charge in [-0.05, 0) is 28.5 Å². The van der Waals surface area contributed by atoms with E-state index < -0.39 is 20.9 Å². The van der Waals surface area contributed by atoms with Crippen LogP contribution in [0.5, 0.6) is 0 Å². The molecule has 22 heavy (non-hydrogen) atoms. The Kier molecular flexibility index (Phi) is 5.04. The SMILES string of the molecule is CCCCCOS(=O)(=O)c1cc([N+](=O)[O-])nc2ccccc12. The Morgan fingerprint density at radius 1 is 1.27 bits per heavy atom. The third-order valence-corrected chi connectivity index (χ3v) is 4.46. The molecule has 0 unspecified atom stereocenters. The van der Waals surface area contributed by atoms with E-state index in [2.05, 4.69) is 4.98 Å². The second-order valence-electron chi connectivity index (χ2n) is 4.74. The summed E-state index contributed by atoms with van der Waals surface area (Å²) in [6.07, 6.45) is 2.40. The third-order valence-electron chi connectivity index (χ3n) is 3.11. The molecule has 0 saturated carbocycles. The molecule has 0 aliphatic carbocycles. The lowest BCUT2D eigenvalue weighted by molar-refractivity contribution is -0.389. The molecule has 7 nitrogen and oxygen atoms in total. The maximum atomic E-state index is 12.3. The van der Waals surface area contributed by atoms with Gasteiger partial charge in [0.05, 0.1) is 12.7 Å². The number of rotatable bonds is 7. The second kappa shape index (κ2) is 6.80. The molecule has 8 heteroatoms. The van der Waals surface area contributed by atoms with E-state index in [1.54, 1.807) is 18.2 Å². The highest BCUT2D eigenvalue weighted by molar-refractivity contribution is 7.87. The zero-order valence-corrected chi connectivity index (χ0v) is 12.9. The number of aromatic nitrogens is 1. The lowest BCUT2D eigenvalue weighted by atomic mass is 10.2. The molecule has 2 aromatic rings. The van der Waals surface area contributed by atoms with Crippen LogP contribution in [-0.2, 0) is 14.3 Å². The van der Waals surface area contributed by atoms with Crippen LogP contribution in [0.25, 0.3) is 10.9 Å². The summed E-state index contributed by atoms with van der Waals surface area (Å²) >= 11 is 0. The average molecular weight is 324 g/mol. The van der Waals surface area contributed by atoms with Crippen molar-refractivity contribution in [2.75, 3.05) is 6.61 Å². The van der Waals surface area contributed by atoms with Crippen molar-refractivity contribution in [2.24, 2.45) is 0 Å². The first-order valence-corrected chi connectivity index (χ1v) is 8.30. The summed E-state index contributed by atoms with van der Waals surface area (Å²) in [6, 6.07) is 7.30. The van der Waals surface area contributed by atoms with Crippen molar-refractivity contribution in [3.63, 3.8) is 0 Å². The molecule has 1 aromatic carbocycles. The number of nitrogens with zero attached hydrogens (tertiary/aromatic N) is 2. The van der Waals surface area contributed by atoms with E-state index in [0.29, 0.717) is 11.8 Å². The molecule has 0 amide bonds. The van der Waals surface area contributed by atoms with Gasteiger partial charge in [-0.15, -0.1) is 0 Å². The summed E-state index contributed by atoms with van der Waals surface area (Å²) in [6.45, 7) is 2.05. The molecule has 1 heterocycles. The van der Waals surface area contributed by atoms with Crippen molar-refractivity contribution in [2.45, 2.75) is 31.1 Å². The van der Waals surface area contributed by atoms with Crippen molar-refractivity contribution in [3.8, 4) is 0 Å². The van der Waals surface area contributed by atoms with Crippen LogP contribution in [0, 0.1) is 10.1 Å². The quantitative estimate of drug-likeness (QED) is 0.336. The van der Waals surface area contributed by atoms with E-state index >= 15 is 0 Å². The van der Waals surface area contributed by atoms with Crippen molar-refractivity contribution < 1.29 is 17.5 Å². The van der Waals surface area contributed by atoms with Gasteiger partial charge in [0.2, 0.25) is 0 Å². The third kappa shape index (κ3) is 3.58. The fraction of sp³-hybridized carbons (Fsp3) is 0.357. The zero-order valence-electron chi connectivity index (χ0n) is 12.1. The highest BCUT2D eigenvalue weighted by Gasteiger charge is 2.24. The highest BCUT2D eigenvalue weighted by atomic mass is 32.2. The van der Waals surface area contributed by atoms with Gasteiger partial charge in [0.1, 0.15) is 4.90 Å². The number of pyridine rings is 1. The highest BCUT2D eigenvalue weighted by Crippen LogP contribution is 2.27. The van der Waals surface area contributed by atoms with Crippen LogP contribution in [0.2, 0.25) is 0 Å². The second-order valence-corrected chi connectivity index (χ2v) is 6.32. The Morgan fingerprint density at radius 3 is 2.68 bits per heavy atom. The molecule has 2 rings (SSSR count). The van der Waals surface area contributed by atoms with Crippen LogP contribution in [-0.4, -0.2) is 24.9 Å². The predicted octanol–water partition coefficient (Wildman–Crippen LogP) is 3.04. The minimum atomic E-state index is -4.07. The Hall–Kier alpha value is -2.06. The van der Waals surface area contributed by atoms with Crippen LogP contribution >= 0.6 is 0 Å². The van der Waals surface area contributed by atoms with E-state index in [1.165, 1.54) is 6.07 Å². The zero-order chi connectivity index (χ0) is 16.2. The summed E-state index contributed by atoms with van der Waals surface area (Å²) < 4.78 is 29.6. The van der Waals surface area contributed by atoms with Gasteiger partial charge in [-0.2, -0.15) is 8.42 Å². The molecule has 0 aliphatic heterocycles. The molecule has 0 saturated heterocycles. The minimum Gasteiger partial charge on any atom is -0.358 e. The molecule has 0 atom stereocenters. The molecule has 0 radical (unpaired) electrons. The van der Waals surface area contributed by atoms with Crippen molar-refractivity contribution in [1.82, 2.24) is 4.98 Å². The summed E-state index contributed by atoms with van der Waals surface area (Å²) in [5.41, 5.74) is 0.243. The van der Waals surface area contributed by atoms with Crippen LogP contribution in [0.1, 0.15) is 26.2 Å². The van der Waals surface area contributed by atoms with Gasteiger partial charge in [-0.1, -0.05) is 31.9 Å². The lowest BCUT2D eigenvalue weighted by Gasteiger charge is -2.07. The van der Waals surface area contributed by atoms with Gasteiger partial charge >= 0.3 is 5.82 Å². The number of hydrogen-bond acceptors (Lipinski definition) is 6. The molecule has 0 spiro atoms. The monoisotopic (exact) mass is 324 g/mol. The fourth-order valence-corrected chi connectivity index (χ4v) is 3.17. The van der Waals surface area contributed by atoms with E-state index in [1.807, 2.05) is 6.92 Å². The Labute approximate surface area is 128 Å². The van der Waals surface area contributed by atoms with Gasteiger partial charge in [0, 0.05) is 5.39 Å². The maximum Gasteiger partial charge on any atom is 0.365 e. The van der Waals surface area contributed by atoms with Gasteiger partial charge < -0.3 is 10.1 Å². The van der Waals surface area contributed by atoms with E-state index in [4.69, 9.17) is 4.18 Å². The standard InChI is InChI=1S/C14H16N2O5S/c1-2-3-6-9-21-22(19,20)13-10-14(16(17)18)15-12-8-5-4-7-11(12)13/h4-5,7-8,10H,2-3,6,9H2,1H3. The van der Waals surface area contributed by atoms with Gasteiger partial charge in [-0.25, -0.2) is 0 Å². The van der Waals surface area contributed by atoms with E-state index in [-0.39, 0.29) is 17.0 Å². The lowest BCUT2D eigenvalue weighted by Crippen LogP contribution is -2.09. The first-order chi connectivity index (χ1) is 10.5. The van der Waals surface area contributed by atoms with Crippen molar-refractivity contribution >= 4 is 26.8 Å². The van der Waals surface area contributed by atoms with Crippen LogP contribution < -0.4 is 0 Å². The van der Waals surface area contributed by atoms with Gasteiger partial charge in [0.15, 0.2) is 5.52 Å². The van der Waals surface area contributed by atoms with Crippen LogP contribution in [0.15, 0.2) is 35.2 Å². The number of benzene rings is 1. The van der Waals surface area contributed by atoms with Gasteiger partial charge in [-0.3, -0.25) is 4.18 Å². The van der Waals surface area contributed by atoms with Crippen LogP contribution in [0.4, 0.5) is 5.82 Å². The predicted molar refractivity (Wildman–Crippen MR) is 81.1 cm³/mol. The fourth-order valence-electron chi connectivity index (χ4n) is 2.01. The Balaban J connectivity index is 2.46. The molecule has 118 valence electrons. The van der Waals surface area contributed by atoms with Crippen molar-refractivity contribution in [3.05, 3.63) is 40.4 Å². The Bertz CT molecular complexity index is 789. The molecular weight excluding hydrogens is 308 g/mol. The number of para-hydroxylation sites is 1. The largest absolute Gasteiger partial charge is 0.365 e. The normalized spacial score (nSPS) is 11.7. The summed E-state index contributed by atoms with van der Waals surface area (Å²) in [5.74, 6) is -0.519. The van der Waals surface area contributed by atoms with E-state index in [0.717, 1.165) is 18.9 Å². The van der Waals surface area contributed by atoms with Gasteiger partial charge in [0.25, 0.3) is 10.1 Å². The average Bonchev–Trinajstić information content (AvgIpc) is 2.50. The van der Waals surface area contributed by atoms with Crippen molar-refractivity contribution in [1.29, 1.82) is 0 Å². The maximum absolute atomic E-state index is 12.3. The van der Waals surface area contributed by atoms with E-state index in [9.17, 15) is 18.5 Å². The molecule has 0 N–H and O–H groups in total. The molecule has 0 fully saturated rings. The summed E-state index contributed by atoms with van der Waals surface area (Å²) in [5, 5.41) is 11.2.